The van der Waals surface area contributed by atoms with Crippen LogP contribution in [0, 0.1) is 6.92 Å². The van der Waals surface area contributed by atoms with E-state index in [-0.39, 0.29) is 16.9 Å². The zero-order valence-electron chi connectivity index (χ0n) is 18.3. The van der Waals surface area contributed by atoms with Gasteiger partial charge in [0.25, 0.3) is 0 Å². The van der Waals surface area contributed by atoms with Gasteiger partial charge < -0.3 is 19.0 Å². The molecule has 0 saturated carbocycles. The lowest BCUT2D eigenvalue weighted by Gasteiger charge is -2.19. The molecule has 6 nitrogen and oxygen atoms in total. The Balaban J connectivity index is 1.71. The molecule has 0 fully saturated rings. The Morgan fingerprint density at radius 2 is 1.62 bits per heavy atom. The van der Waals surface area contributed by atoms with Crippen molar-refractivity contribution in [3.05, 3.63) is 93.8 Å². The van der Waals surface area contributed by atoms with Crippen LogP contribution in [0.4, 0.5) is 0 Å². The molecule has 6 heteroatoms. The van der Waals surface area contributed by atoms with E-state index in [2.05, 4.69) is 4.90 Å². The molecule has 0 saturated heterocycles. The van der Waals surface area contributed by atoms with Crippen molar-refractivity contribution in [2.75, 3.05) is 14.2 Å². The molecule has 3 aromatic carbocycles. The van der Waals surface area contributed by atoms with Gasteiger partial charge in [0.05, 0.1) is 18.1 Å². The maximum absolute atomic E-state index is 13.3. The predicted octanol–water partition coefficient (Wildman–Crippen LogP) is 5.24. The Morgan fingerprint density at radius 3 is 2.34 bits per heavy atom. The van der Waals surface area contributed by atoms with Gasteiger partial charge in [-0.1, -0.05) is 42.5 Å². The molecule has 4 aromatic rings. The highest BCUT2D eigenvalue weighted by atomic mass is 16.5. The fraction of sp³-hybridized carbons (Fsp3) is 0.192. The molecule has 0 radical (unpaired) electrons. The molecular weight excluding hydrogens is 406 g/mol. The Bertz CT molecular complexity index is 1300. The zero-order valence-corrected chi connectivity index (χ0v) is 18.3. The molecule has 0 bridgehead atoms. The van der Waals surface area contributed by atoms with Gasteiger partial charge in [-0.3, -0.25) is 9.69 Å². The molecule has 1 N–H and O–H groups in total. The van der Waals surface area contributed by atoms with E-state index in [1.165, 1.54) is 6.07 Å². The van der Waals surface area contributed by atoms with Gasteiger partial charge in [0.15, 0.2) is 11.5 Å². The lowest BCUT2D eigenvalue weighted by atomic mass is 10.1. The monoisotopic (exact) mass is 431 g/mol. The maximum atomic E-state index is 13.3. The minimum atomic E-state index is -0.304. The second-order valence-electron chi connectivity index (χ2n) is 7.67. The van der Waals surface area contributed by atoms with Crippen LogP contribution in [0.1, 0.15) is 16.9 Å². The number of aromatic hydroxyl groups is 1. The lowest BCUT2D eigenvalue weighted by molar-refractivity contribution is 0.311. The molecule has 0 atom stereocenters. The second kappa shape index (κ2) is 9.16. The molecule has 1 heterocycles. The summed E-state index contributed by atoms with van der Waals surface area (Å²) >= 11 is 0. The number of hydrogen-bond donors (Lipinski definition) is 1. The first-order valence-corrected chi connectivity index (χ1v) is 10.3. The quantitative estimate of drug-likeness (QED) is 0.431. The summed E-state index contributed by atoms with van der Waals surface area (Å²) in [5.41, 5.74) is 1.77. The van der Waals surface area contributed by atoms with Gasteiger partial charge in [0.1, 0.15) is 17.1 Å². The van der Waals surface area contributed by atoms with Crippen molar-refractivity contribution < 1.29 is 19.0 Å². The topological polar surface area (TPSA) is 72.1 Å². The highest BCUT2D eigenvalue weighted by Crippen LogP contribution is 2.34. The first-order chi connectivity index (χ1) is 15.5. The van der Waals surface area contributed by atoms with E-state index in [9.17, 15) is 9.90 Å². The van der Waals surface area contributed by atoms with E-state index in [0.29, 0.717) is 46.9 Å². The third-order valence-corrected chi connectivity index (χ3v) is 5.27. The van der Waals surface area contributed by atoms with Gasteiger partial charge >= 0.3 is 0 Å². The number of ether oxygens (including phenoxy) is 2. The van der Waals surface area contributed by atoms with Crippen molar-refractivity contribution in [3.63, 3.8) is 0 Å². The molecular formula is C26H25NO5. The average molecular weight is 431 g/mol. The van der Waals surface area contributed by atoms with Gasteiger partial charge in [-0.25, -0.2) is 0 Å². The van der Waals surface area contributed by atoms with Crippen molar-refractivity contribution in [1.29, 1.82) is 0 Å². The number of para-hydroxylation sites is 2. The number of phenols is 1. The highest BCUT2D eigenvalue weighted by Gasteiger charge is 2.20. The van der Waals surface area contributed by atoms with Crippen LogP contribution in [-0.2, 0) is 13.1 Å². The summed E-state index contributed by atoms with van der Waals surface area (Å²) in [7, 11) is 3.49. The third-order valence-electron chi connectivity index (χ3n) is 5.27. The fourth-order valence-electron chi connectivity index (χ4n) is 3.70. The Kier molecular flexibility index (Phi) is 6.14. The van der Waals surface area contributed by atoms with Crippen LogP contribution in [0.15, 0.2) is 75.9 Å². The van der Waals surface area contributed by atoms with E-state index >= 15 is 0 Å². The summed E-state index contributed by atoms with van der Waals surface area (Å²) in [6, 6.07) is 20.2. The van der Waals surface area contributed by atoms with E-state index < -0.39 is 0 Å². The normalized spacial score (nSPS) is 11.1. The molecule has 0 aliphatic rings. The van der Waals surface area contributed by atoms with E-state index in [0.717, 1.165) is 5.56 Å². The van der Waals surface area contributed by atoms with E-state index in [4.69, 9.17) is 13.9 Å². The molecule has 4 rings (SSSR count). The van der Waals surface area contributed by atoms with Gasteiger partial charge in [-0.15, -0.1) is 0 Å². The molecule has 1 aromatic heterocycles. The van der Waals surface area contributed by atoms with E-state index in [1.54, 1.807) is 38.3 Å². The second-order valence-corrected chi connectivity index (χ2v) is 7.67. The van der Waals surface area contributed by atoms with Crippen molar-refractivity contribution in [2.24, 2.45) is 0 Å². The minimum absolute atomic E-state index is 0.0818. The number of benzene rings is 3. The van der Waals surface area contributed by atoms with Crippen LogP contribution in [0.5, 0.6) is 23.0 Å². The van der Waals surface area contributed by atoms with Crippen LogP contribution < -0.4 is 14.9 Å². The van der Waals surface area contributed by atoms with Crippen LogP contribution in [0.3, 0.4) is 0 Å². The SMILES string of the molecule is COc1ccccc1Oc1c(C)oc2c(CN(C)Cc3ccccc3)c(O)ccc2c1=O. The smallest absolute Gasteiger partial charge is 0.235 e. The Labute approximate surface area is 186 Å². The molecule has 0 spiro atoms. The molecule has 0 aliphatic carbocycles. The van der Waals surface area contributed by atoms with Crippen LogP contribution in [-0.4, -0.2) is 24.2 Å². The van der Waals surface area contributed by atoms with Crippen LogP contribution in [0.2, 0.25) is 0 Å². The summed E-state index contributed by atoms with van der Waals surface area (Å²) in [6.07, 6.45) is 0. The fourth-order valence-corrected chi connectivity index (χ4v) is 3.70. The molecule has 164 valence electrons. The van der Waals surface area contributed by atoms with Gasteiger partial charge in [0, 0.05) is 13.1 Å². The van der Waals surface area contributed by atoms with Gasteiger partial charge in [0.2, 0.25) is 11.2 Å². The minimum Gasteiger partial charge on any atom is -0.507 e. The number of hydrogen-bond acceptors (Lipinski definition) is 6. The van der Waals surface area contributed by atoms with Gasteiger partial charge in [-0.05, 0) is 43.8 Å². The van der Waals surface area contributed by atoms with Crippen LogP contribution >= 0.6 is 0 Å². The van der Waals surface area contributed by atoms with Crippen molar-refractivity contribution >= 4 is 11.0 Å². The lowest BCUT2D eigenvalue weighted by Crippen LogP contribution is -2.18. The molecule has 32 heavy (non-hydrogen) atoms. The average Bonchev–Trinajstić information content (AvgIpc) is 2.79. The number of aryl methyl sites for hydroxylation is 1. The van der Waals surface area contributed by atoms with E-state index in [1.807, 2.05) is 43.4 Å². The van der Waals surface area contributed by atoms with Gasteiger partial charge in [-0.2, -0.15) is 0 Å². The van der Waals surface area contributed by atoms with Crippen molar-refractivity contribution in [3.8, 4) is 23.0 Å². The first-order valence-electron chi connectivity index (χ1n) is 10.3. The molecule has 0 amide bonds. The number of nitrogens with zero attached hydrogens (tertiary/aromatic N) is 1. The zero-order chi connectivity index (χ0) is 22.7. The third kappa shape index (κ3) is 4.31. The summed E-state index contributed by atoms with van der Waals surface area (Å²) in [5, 5.41) is 10.9. The largest absolute Gasteiger partial charge is 0.507 e. The number of phenolic OH excluding ortho intramolecular Hbond substituents is 1. The number of methoxy groups -OCH3 is 1. The predicted molar refractivity (Wildman–Crippen MR) is 124 cm³/mol. The molecule has 0 unspecified atom stereocenters. The summed E-state index contributed by atoms with van der Waals surface area (Å²) in [6.45, 7) is 2.77. The number of fused-ring (bicyclic) bond motifs is 1. The maximum Gasteiger partial charge on any atom is 0.235 e. The van der Waals surface area contributed by atoms with Crippen molar-refractivity contribution in [1.82, 2.24) is 4.90 Å². The summed E-state index contributed by atoms with van der Waals surface area (Å²) < 4.78 is 17.2. The highest BCUT2D eigenvalue weighted by molar-refractivity contribution is 5.83. The van der Waals surface area contributed by atoms with Crippen molar-refractivity contribution in [2.45, 2.75) is 20.0 Å². The Morgan fingerprint density at radius 1 is 0.938 bits per heavy atom. The van der Waals surface area contributed by atoms with Crippen LogP contribution in [0.25, 0.3) is 11.0 Å². The standard InChI is InChI=1S/C26H25NO5/c1-17-25(32-23-12-8-7-11-22(23)30-3)24(29)19-13-14-21(28)20(26(19)31-17)16-27(2)15-18-9-5-4-6-10-18/h4-14,28H,15-16H2,1-3H3. The molecule has 0 aliphatic heterocycles. The number of rotatable bonds is 7. The Hall–Kier alpha value is -3.77. The summed E-state index contributed by atoms with van der Waals surface area (Å²) in [4.78, 5) is 15.3. The first kappa shape index (κ1) is 21.5. The summed E-state index contributed by atoms with van der Waals surface area (Å²) in [5.74, 6) is 1.44.